The summed E-state index contributed by atoms with van der Waals surface area (Å²) in [7, 11) is 0. The van der Waals surface area contributed by atoms with Crippen molar-refractivity contribution in [3.8, 4) is 0 Å². The predicted octanol–water partition coefficient (Wildman–Crippen LogP) is 7.32. The topological polar surface area (TPSA) is 29.5 Å². The standard InChI is InChI=1S/C21H42BrNO2/c1-3-5-7-9-11-15-19-23(18-14-8-6-4-2)21(24)25-20-16-12-10-13-17-22/h3-20H2,1-2H3. The van der Waals surface area contributed by atoms with Crippen LogP contribution in [0.4, 0.5) is 4.79 Å². The van der Waals surface area contributed by atoms with Crippen LogP contribution in [0.1, 0.15) is 104 Å². The Hall–Kier alpha value is -0.250. The lowest BCUT2D eigenvalue weighted by molar-refractivity contribution is 0.0990. The van der Waals surface area contributed by atoms with Crippen molar-refractivity contribution in [1.82, 2.24) is 4.90 Å². The zero-order valence-corrected chi connectivity index (χ0v) is 18.5. The Morgan fingerprint density at radius 2 is 1.20 bits per heavy atom. The number of unbranched alkanes of at least 4 members (excludes halogenated alkanes) is 11. The van der Waals surface area contributed by atoms with E-state index in [1.54, 1.807) is 0 Å². The van der Waals surface area contributed by atoms with Crippen LogP contribution in [0.2, 0.25) is 0 Å². The van der Waals surface area contributed by atoms with Gasteiger partial charge in [0, 0.05) is 18.4 Å². The van der Waals surface area contributed by atoms with E-state index in [1.165, 1.54) is 64.2 Å². The van der Waals surface area contributed by atoms with E-state index in [0.29, 0.717) is 6.61 Å². The minimum absolute atomic E-state index is 0.0921. The molecular formula is C21H42BrNO2. The number of ether oxygens (including phenoxy) is 1. The molecule has 0 N–H and O–H groups in total. The first kappa shape index (κ1) is 24.8. The van der Waals surface area contributed by atoms with Crippen LogP contribution in [0.15, 0.2) is 0 Å². The molecule has 0 rings (SSSR count). The van der Waals surface area contributed by atoms with Gasteiger partial charge in [-0.2, -0.15) is 0 Å². The molecule has 0 aliphatic carbocycles. The second-order valence-corrected chi connectivity index (χ2v) is 7.83. The summed E-state index contributed by atoms with van der Waals surface area (Å²) < 4.78 is 5.51. The van der Waals surface area contributed by atoms with Gasteiger partial charge in [0.25, 0.3) is 0 Å². The molecule has 4 heteroatoms. The van der Waals surface area contributed by atoms with Crippen LogP contribution in [0.25, 0.3) is 0 Å². The van der Waals surface area contributed by atoms with Gasteiger partial charge in [-0.05, 0) is 25.7 Å². The molecule has 0 saturated carbocycles. The molecular weight excluding hydrogens is 378 g/mol. The first-order valence-corrected chi connectivity index (χ1v) is 11.9. The van der Waals surface area contributed by atoms with Crippen molar-refractivity contribution in [3.63, 3.8) is 0 Å². The number of rotatable bonds is 18. The normalized spacial score (nSPS) is 10.8. The Labute approximate surface area is 165 Å². The predicted molar refractivity (Wildman–Crippen MR) is 113 cm³/mol. The molecule has 0 saturated heterocycles. The van der Waals surface area contributed by atoms with Crippen molar-refractivity contribution in [2.24, 2.45) is 0 Å². The molecule has 1 amide bonds. The monoisotopic (exact) mass is 419 g/mol. The van der Waals surface area contributed by atoms with E-state index in [2.05, 4.69) is 29.8 Å². The number of nitrogens with zero attached hydrogens (tertiary/aromatic N) is 1. The van der Waals surface area contributed by atoms with E-state index in [1.807, 2.05) is 4.90 Å². The van der Waals surface area contributed by atoms with Crippen LogP contribution in [0, 0.1) is 0 Å². The fourth-order valence-corrected chi connectivity index (χ4v) is 3.30. The van der Waals surface area contributed by atoms with Crippen molar-refractivity contribution in [1.29, 1.82) is 0 Å². The quantitative estimate of drug-likeness (QED) is 0.172. The molecule has 0 aromatic carbocycles. The smallest absolute Gasteiger partial charge is 0.409 e. The van der Waals surface area contributed by atoms with Crippen molar-refractivity contribution in [2.75, 3.05) is 25.0 Å². The molecule has 0 aromatic rings. The van der Waals surface area contributed by atoms with Gasteiger partial charge < -0.3 is 9.64 Å². The maximum Gasteiger partial charge on any atom is 0.409 e. The Balaban J connectivity index is 3.97. The van der Waals surface area contributed by atoms with Gasteiger partial charge >= 0.3 is 6.09 Å². The van der Waals surface area contributed by atoms with Crippen molar-refractivity contribution in [3.05, 3.63) is 0 Å². The molecule has 3 nitrogen and oxygen atoms in total. The van der Waals surface area contributed by atoms with E-state index < -0.39 is 0 Å². The molecule has 0 spiro atoms. The minimum Gasteiger partial charge on any atom is -0.449 e. The highest BCUT2D eigenvalue weighted by Gasteiger charge is 2.14. The molecule has 0 bridgehead atoms. The largest absolute Gasteiger partial charge is 0.449 e. The molecule has 150 valence electrons. The Morgan fingerprint density at radius 3 is 1.80 bits per heavy atom. The molecule has 25 heavy (non-hydrogen) atoms. The van der Waals surface area contributed by atoms with Crippen LogP contribution in [0.5, 0.6) is 0 Å². The highest BCUT2D eigenvalue weighted by atomic mass is 79.9. The van der Waals surface area contributed by atoms with Crippen LogP contribution in [-0.2, 0) is 4.74 Å². The average Bonchev–Trinajstić information content (AvgIpc) is 2.62. The summed E-state index contributed by atoms with van der Waals surface area (Å²) >= 11 is 3.45. The molecule has 0 aromatic heterocycles. The number of alkyl halides is 1. The number of amides is 1. The second-order valence-electron chi connectivity index (χ2n) is 7.03. The molecule has 0 atom stereocenters. The number of carbonyl (C=O) groups excluding carboxylic acids is 1. The number of carbonyl (C=O) groups is 1. The number of hydrogen-bond acceptors (Lipinski definition) is 2. The Kier molecular flexibility index (Phi) is 19.9. The average molecular weight is 420 g/mol. The van der Waals surface area contributed by atoms with Crippen LogP contribution >= 0.6 is 15.9 Å². The lowest BCUT2D eigenvalue weighted by Crippen LogP contribution is -2.33. The summed E-state index contributed by atoms with van der Waals surface area (Å²) in [4.78, 5) is 14.3. The number of halogens is 1. The van der Waals surface area contributed by atoms with Crippen molar-refractivity contribution < 1.29 is 9.53 Å². The summed E-state index contributed by atoms with van der Waals surface area (Å²) in [6, 6.07) is 0. The SMILES string of the molecule is CCCCCCCCN(CCCCCC)C(=O)OCCCCCCBr. The first-order chi connectivity index (χ1) is 12.3. The molecule has 0 unspecified atom stereocenters. The molecule has 0 aliphatic heterocycles. The van der Waals surface area contributed by atoms with Gasteiger partial charge in [0.1, 0.15) is 0 Å². The van der Waals surface area contributed by atoms with E-state index in [9.17, 15) is 4.79 Å². The Bertz CT molecular complexity index is 287. The summed E-state index contributed by atoms with van der Waals surface area (Å²) in [5.74, 6) is 0. The van der Waals surface area contributed by atoms with E-state index in [-0.39, 0.29) is 6.09 Å². The zero-order valence-electron chi connectivity index (χ0n) is 16.9. The summed E-state index contributed by atoms with van der Waals surface area (Å²) in [6.45, 7) is 6.76. The van der Waals surface area contributed by atoms with Crippen LogP contribution in [-0.4, -0.2) is 36.0 Å². The van der Waals surface area contributed by atoms with Gasteiger partial charge in [0.15, 0.2) is 0 Å². The lowest BCUT2D eigenvalue weighted by Gasteiger charge is -2.22. The van der Waals surface area contributed by atoms with Gasteiger partial charge in [0.05, 0.1) is 6.61 Å². The first-order valence-electron chi connectivity index (χ1n) is 10.7. The van der Waals surface area contributed by atoms with Gasteiger partial charge in [0.2, 0.25) is 0 Å². The second kappa shape index (κ2) is 20.1. The third-order valence-corrected chi connectivity index (χ3v) is 5.14. The van der Waals surface area contributed by atoms with Crippen LogP contribution in [0.3, 0.4) is 0 Å². The molecule has 0 aliphatic rings. The van der Waals surface area contributed by atoms with Gasteiger partial charge in [-0.15, -0.1) is 0 Å². The maximum atomic E-state index is 12.4. The van der Waals surface area contributed by atoms with E-state index in [0.717, 1.165) is 44.1 Å². The Morgan fingerprint density at radius 1 is 0.720 bits per heavy atom. The fraction of sp³-hybridized carbons (Fsp3) is 0.952. The number of hydrogen-bond donors (Lipinski definition) is 0. The maximum absolute atomic E-state index is 12.4. The van der Waals surface area contributed by atoms with Crippen molar-refractivity contribution in [2.45, 2.75) is 104 Å². The van der Waals surface area contributed by atoms with Gasteiger partial charge in [-0.1, -0.05) is 94.0 Å². The molecule has 0 fully saturated rings. The van der Waals surface area contributed by atoms with Gasteiger partial charge in [-0.3, -0.25) is 0 Å². The highest BCUT2D eigenvalue weighted by molar-refractivity contribution is 9.09. The summed E-state index contributed by atoms with van der Waals surface area (Å²) in [5, 5.41) is 1.07. The zero-order chi connectivity index (χ0) is 18.6. The van der Waals surface area contributed by atoms with Crippen LogP contribution < -0.4 is 0 Å². The minimum atomic E-state index is -0.0921. The highest BCUT2D eigenvalue weighted by Crippen LogP contribution is 2.09. The third kappa shape index (κ3) is 16.9. The summed E-state index contributed by atoms with van der Waals surface area (Å²) in [6.07, 6.45) is 16.8. The fourth-order valence-electron chi connectivity index (χ4n) is 2.91. The lowest BCUT2D eigenvalue weighted by atomic mass is 10.1. The van der Waals surface area contributed by atoms with E-state index >= 15 is 0 Å². The molecule has 0 heterocycles. The summed E-state index contributed by atoms with van der Waals surface area (Å²) in [5.41, 5.74) is 0. The third-order valence-electron chi connectivity index (χ3n) is 4.57. The van der Waals surface area contributed by atoms with E-state index in [4.69, 9.17) is 4.74 Å². The van der Waals surface area contributed by atoms with Gasteiger partial charge in [-0.25, -0.2) is 4.79 Å². The van der Waals surface area contributed by atoms with Crippen molar-refractivity contribution >= 4 is 22.0 Å². The molecule has 0 radical (unpaired) electrons.